The number of nitriles is 2. The first kappa shape index (κ1) is 42.5. The number of hydrogen-bond acceptors (Lipinski definition) is 8. The summed E-state index contributed by atoms with van der Waals surface area (Å²) in [4.78, 5) is 0. The molecule has 8 nitrogen and oxygen atoms in total. The Balaban J connectivity index is 1.17. The minimum Gasteiger partial charge on any atom is -0.496 e. The molecule has 0 radical (unpaired) electrons. The van der Waals surface area contributed by atoms with E-state index in [1.54, 1.807) is 14.2 Å². The Labute approximate surface area is 343 Å². The fraction of sp³-hybridized carbons (Fsp3) is 0.280. The van der Waals surface area contributed by atoms with Crippen LogP contribution >= 0.6 is 0 Å². The molecule has 0 aliphatic rings. The van der Waals surface area contributed by atoms with Gasteiger partial charge >= 0.3 is 0 Å². The number of methoxy groups -OCH3 is 2. The van der Waals surface area contributed by atoms with Gasteiger partial charge in [0.25, 0.3) is 0 Å². The third kappa shape index (κ3) is 12.7. The van der Waals surface area contributed by atoms with Crippen LogP contribution in [0.2, 0.25) is 0 Å². The Kier molecular flexibility index (Phi) is 16.7. The second-order valence-corrected chi connectivity index (χ2v) is 13.8. The maximum atomic E-state index is 9.82. The highest BCUT2D eigenvalue weighted by Gasteiger charge is 2.20. The molecule has 0 N–H and O–H groups in total. The quantitative estimate of drug-likeness (QED) is 0.0506. The number of aryl methyl sites for hydroxylation is 2. The third-order valence-corrected chi connectivity index (χ3v) is 9.54. The number of nitrogens with zero attached hydrogens (tertiary/aromatic N) is 2. The molecule has 8 heteroatoms. The molecular formula is C50H52N2O6. The molecule has 0 aliphatic carbocycles. The Hall–Kier alpha value is -6.64. The highest BCUT2D eigenvalue weighted by molar-refractivity contribution is 5.90. The summed E-state index contributed by atoms with van der Waals surface area (Å²) in [5.41, 5.74) is 6.73. The molecule has 0 saturated carbocycles. The van der Waals surface area contributed by atoms with Gasteiger partial charge in [-0.1, -0.05) is 59.7 Å². The lowest BCUT2D eigenvalue weighted by molar-refractivity contribution is 0.279. The van der Waals surface area contributed by atoms with E-state index in [0.717, 1.165) is 72.6 Å². The number of hydrogen-bond donors (Lipinski definition) is 0. The molecule has 5 aromatic carbocycles. The van der Waals surface area contributed by atoms with Crippen LogP contribution < -0.4 is 28.4 Å². The van der Waals surface area contributed by atoms with Crippen molar-refractivity contribution < 1.29 is 28.4 Å². The first-order chi connectivity index (χ1) is 28.4. The molecule has 0 amide bonds. The lowest BCUT2D eigenvalue weighted by Gasteiger charge is -2.19. The summed E-state index contributed by atoms with van der Waals surface area (Å²) in [7, 11) is 3.17. The van der Waals surface area contributed by atoms with Crippen LogP contribution in [0.1, 0.15) is 71.9 Å². The topological polar surface area (TPSA) is 103 Å². The van der Waals surface area contributed by atoms with Gasteiger partial charge in [0.2, 0.25) is 0 Å². The number of unbranched alkanes of at least 4 members (excludes halogenated alkanes) is 4. The van der Waals surface area contributed by atoms with Crippen molar-refractivity contribution in [2.45, 2.75) is 52.4 Å². The van der Waals surface area contributed by atoms with E-state index in [1.165, 1.54) is 23.3 Å². The van der Waals surface area contributed by atoms with E-state index in [2.05, 4.69) is 50.3 Å². The highest BCUT2D eigenvalue weighted by atomic mass is 16.5. The number of benzene rings is 5. The average Bonchev–Trinajstić information content (AvgIpc) is 3.25. The van der Waals surface area contributed by atoms with E-state index in [0.29, 0.717) is 60.2 Å². The van der Waals surface area contributed by atoms with Crippen LogP contribution in [0, 0.1) is 36.5 Å². The number of allylic oxidation sites excluding steroid dienone is 2. The van der Waals surface area contributed by atoms with Gasteiger partial charge in [0.15, 0.2) is 0 Å². The van der Waals surface area contributed by atoms with E-state index >= 15 is 0 Å². The molecule has 5 rings (SSSR count). The second kappa shape index (κ2) is 22.8. The molecule has 0 spiro atoms. The van der Waals surface area contributed by atoms with Crippen molar-refractivity contribution in [2.24, 2.45) is 0 Å². The molecule has 0 saturated heterocycles. The molecular weight excluding hydrogens is 725 g/mol. The average molecular weight is 777 g/mol. The van der Waals surface area contributed by atoms with Gasteiger partial charge in [-0.15, -0.1) is 0 Å². The zero-order chi connectivity index (χ0) is 41.0. The molecule has 298 valence electrons. The summed E-state index contributed by atoms with van der Waals surface area (Å²) in [6, 6.07) is 39.6. The Morgan fingerprint density at radius 1 is 0.448 bits per heavy atom. The van der Waals surface area contributed by atoms with Gasteiger partial charge in [-0.3, -0.25) is 0 Å². The second-order valence-electron chi connectivity index (χ2n) is 13.8. The molecule has 0 fully saturated rings. The van der Waals surface area contributed by atoms with Crippen molar-refractivity contribution in [2.75, 3.05) is 40.6 Å². The fourth-order valence-electron chi connectivity index (χ4n) is 6.33. The summed E-state index contributed by atoms with van der Waals surface area (Å²) in [5, 5.41) is 19.6. The van der Waals surface area contributed by atoms with Crippen LogP contribution in [0.25, 0.3) is 11.1 Å². The summed E-state index contributed by atoms with van der Waals surface area (Å²) in [6.07, 6.45) is 8.70. The predicted octanol–water partition coefficient (Wildman–Crippen LogP) is 11.5. The van der Waals surface area contributed by atoms with Crippen molar-refractivity contribution in [3.05, 3.63) is 155 Å². The minimum absolute atomic E-state index is 0.525. The zero-order valence-corrected chi connectivity index (χ0v) is 34.0. The van der Waals surface area contributed by atoms with Crippen molar-refractivity contribution >= 4 is 11.1 Å². The third-order valence-electron chi connectivity index (χ3n) is 9.54. The first-order valence-corrected chi connectivity index (χ1v) is 19.7. The normalized spacial score (nSPS) is 11.3. The van der Waals surface area contributed by atoms with Gasteiger partial charge in [-0.25, -0.2) is 0 Å². The highest BCUT2D eigenvalue weighted by Crippen LogP contribution is 2.41. The van der Waals surface area contributed by atoms with E-state index in [4.69, 9.17) is 28.4 Å². The van der Waals surface area contributed by atoms with E-state index < -0.39 is 0 Å². The van der Waals surface area contributed by atoms with Crippen LogP contribution in [0.3, 0.4) is 0 Å². The van der Waals surface area contributed by atoms with Crippen molar-refractivity contribution in [3.63, 3.8) is 0 Å². The maximum absolute atomic E-state index is 9.82. The first-order valence-electron chi connectivity index (χ1n) is 19.7. The maximum Gasteiger partial charge on any atom is 0.127 e. The summed E-state index contributed by atoms with van der Waals surface area (Å²) >= 11 is 0. The zero-order valence-electron chi connectivity index (χ0n) is 34.0. The predicted molar refractivity (Wildman–Crippen MR) is 230 cm³/mol. The lowest BCUT2D eigenvalue weighted by atomic mass is 9.91. The lowest BCUT2D eigenvalue weighted by Crippen LogP contribution is -2.02. The van der Waals surface area contributed by atoms with Gasteiger partial charge in [-0.05, 0) is 124 Å². The van der Waals surface area contributed by atoms with Gasteiger partial charge in [0, 0.05) is 34.4 Å². The molecule has 0 aliphatic heterocycles. The molecule has 58 heavy (non-hydrogen) atoms. The monoisotopic (exact) mass is 776 g/mol. The van der Waals surface area contributed by atoms with E-state index in [-0.39, 0.29) is 0 Å². The Morgan fingerprint density at radius 3 is 1.02 bits per heavy atom. The van der Waals surface area contributed by atoms with Crippen molar-refractivity contribution in [1.29, 1.82) is 10.5 Å². The SMILES string of the molecule is COc1cc(/C(=C\C#N)c2ccc(OCCCCCOc3ccc(C)cc3)cc2)c(OC)cc1/C(=C\C#N)c1ccc(OCCCCCOc2ccc(C)cc2)cc1. The number of ether oxygens (including phenoxy) is 6. The Morgan fingerprint density at radius 2 is 0.741 bits per heavy atom. The van der Waals surface area contributed by atoms with Crippen LogP contribution in [0.15, 0.2) is 121 Å². The number of rotatable bonds is 22. The van der Waals surface area contributed by atoms with Crippen LogP contribution in [-0.4, -0.2) is 40.6 Å². The summed E-state index contributed by atoms with van der Waals surface area (Å²) in [5.74, 6) is 4.34. The smallest absolute Gasteiger partial charge is 0.127 e. The summed E-state index contributed by atoms with van der Waals surface area (Å²) in [6.45, 7) is 6.66. The van der Waals surface area contributed by atoms with Crippen LogP contribution in [0.5, 0.6) is 34.5 Å². The fourth-order valence-corrected chi connectivity index (χ4v) is 6.33. The largest absolute Gasteiger partial charge is 0.496 e. The van der Waals surface area contributed by atoms with E-state index in [1.807, 2.05) is 84.9 Å². The van der Waals surface area contributed by atoms with Crippen LogP contribution in [-0.2, 0) is 0 Å². The van der Waals surface area contributed by atoms with Crippen molar-refractivity contribution in [1.82, 2.24) is 0 Å². The minimum atomic E-state index is 0.525. The van der Waals surface area contributed by atoms with Gasteiger partial charge in [0.1, 0.15) is 34.5 Å². The Bertz CT molecular complexity index is 2020. The molecule has 0 aromatic heterocycles. The van der Waals surface area contributed by atoms with Gasteiger partial charge in [0.05, 0.1) is 52.8 Å². The van der Waals surface area contributed by atoms with Gasteiger partial charge < -0.3 is 28.4 Å². The molecule has 0 atom stereocenters. The molecule has 0 bridgehead atoms. The molecule has 0 unspecified atom stereocenters. The van der Waals surface area contributed by atoms with Crippen molar-refractivity contribution in [3.8, 4) is 46.6 Å². The standard InChI is InChI=1S/C50H52N2O6/c1-37-11-19-41(20-12-37)55-31-7-5-9-33-57-43-23-15-39(16-24-43)45(27-29-51)47-35-50(54-4)48(36-49(47)53-3)46(28-30-52)40-17-25-44(26-18-40)58-34-10-6-8-32-56-42-21-13-38(2)14-22-42/h11-28,35-36H,5-10,31-34H2,1-4H3/b45-27-,46-28-. The summed E-state index contributed by atoms with van der Waals surface area (Å²) < 4.78 is 35.5. The molecule has 0 heterocycles. The van der Waals surface area contributed by atoms with E-state index in [9.17, 15) is 10.5 Å². The molecule has 5 aromatic rings. The van der Waals surface area contributed by atoms with Crippen LogP contribution in [0.4, 0.5) is 0 Å². The van der Waals surface area contributed by atoms with Gasteiger partial charge in [-0.2, -0.15) is 10.5 Å².